The summed E-state index contributed by atoms with van der Waals surface area (Å²) in [5, 5.41) is 0.651. The normalized spacial score (nSPS) is 13.9. The van der Waals surface area contributed by atoms with Crippen LogP contribution >= 0.6 is 11.6 Å². The van der Waals surface area contributed by atoms with Crippen LogP contribution in [0, 0.1) is 5.82 Å². The maximum Gasteiger partial charge on any atom is 0.138 e. The predicted octanol–water partition coefficient (Wildman–Crippen LogP) is 3.95. The van der Waals surface area contributed by atoms with E-state index >= 15 is 0 Å². The number of hydrogen-bond donors (Lipinski definition) is 1. The van der Waals surface area contributed by atoms with Crippen LogP contribution in [-0.4, -0.2) is 6.04 Å². The van der Waals surface area contributed by atoms with Gasteiger partial charge in [0.25, 0.3) is 0 Å². The van der Waals surface area contributed by atoms with Gasteiger partial charge in [-0.3, -0.25) is 0 Å². The summed E-state index contributed by atoms with van der Waals surface area (Å²) in [6.07, 6.45) is -0.348. The minimum atomic E-state index is -0.348. The number of halogens is 2. The highest BCUT2D eigenvalue weighted by Crippen LogP contribution is 2.25. The highest BCUT2D eigenvalue weighted by molar-refractivity contribution is 6.30. The van der Waals surface area contributed by atoms with Gasteiger partial charge in [0.2, 0.25) is 0 Å². The summed E-state index contributed by atoms with van der Waals surface area (Å²) in [6.45, 7) is 1.85. The molecule has 0 fully saturated rings. The van der Waals surface area contributed by atoms with E-state index in [1.807, 2.05) is 19.1 Å². The van der Waals surface area contributed by atoms with Crippen LogP contribution in [0.5, 0.6) is 5.75 Å². The lowest BCUT2D eigenvalue weighted by Crippen LogP contribution is -2.29. The Bertz CT molecular complexity index is 542. The van der Waals surface area contributed by atoms with Gasteiger partial charge in [0.1, 0.15) is 17.7 Å². The third-order valence-corrected chi connectivity index (χ3v) is 2.99. The number of hydrogen-bond acceptors (Lipinski definition) is 2. The van der Waals surface area contributed by atoms with Crippen LogP contribution in [0.1, 0.15) is 18.6 Å². The van der Waals surface area contributed by atoms with Gasteiger partial charge in [0.15, 0.2) is 0 Å². The molecular formula is C15H15ClFNO. The van der Waals surface area contributed by atoms with Crippen LogP contribution in [0.15, 0.2) is 48.5 Å². The molecule has 0 radical (unpaired) electrons. The first-order chi connectivity index (χ1) is 9.06. The molecule has 4 heteroatoms. The second kappa shape index (κ2) is 6.04. The SMILES string of the molecule is CC(N)C(Oc1cccc(F)c1)c1ccc(Cl)cc1. The molecule has 0 aromatic heterocycles. The predicted molar refractivity (Wildman–Crippen MR) is 74.9 cm³/mol. The molecule has 2 nitrogen and oxygen atoms in total. The third kappa shape index (κ3) is 3.69. The molecule has 0 spiro atoms. The van der Waals surface area contributed by atoms with Gasteiger partial charge in [-0.2, -0.15) is 0 Å². The van der Waals surface area contributed by atoms with E-state index in [9.17, 15) is 4.39 Å². The van der Waals surface area contributed by atoms with E-state index in [0.717, 1.165) is 5.56 Å². The molecule has 0 amide bonds. The molecule has 0 aliphatic carbocycles. The zero-order valence-electron chi connectivity index (χ0n) is 10.5. The van der Waals surface area contributed by atoms with Crippen LogP contribution < -0.4 is 10.5 Å². The van der Waals surface area contributed by atoms with E-state index in [0.29, 0.717) is 10.8 Å². The molecule has 0 aliphatic heterocycles. The molecule has 0 saturated carbocycles. The third-order valence-electron chi connectivity index (χ3n) is 2.74. The van der Waals surface area contributed by atoms with Crippen molar-refractivity contribution in [2.45, 2.75) is 19.1 Å². The Morgan fingerprint density at radius 2 is 1.84 bits per heavy atom. The largest absolute Gasteiger partial charge is 0.484 e. The van der Waals surface area contributed by atoms with Gasteiger partial charge in [0, 0.05) is 17.1 Å². The molecular weight excluding hydrogens is 265 g/mol. The average Bonchev–Trinajstić information content (AvgIpc) is 2.37. The molecule has 0 aliphatic rings. The fraction of sp³-hybridized carbons (Fsp3) is 0.200. The zero-order valence-corrected chi connectivity index (χ0v) is 11.3. The van der Waals surface area contributed by atoms with Crippen LogP contribution in [0.4, 0.5) is 4.39 Å². The Morgan fingerprint density at radius 1 is 1.16 bits per heavy atom. The Kier molecular flexibility index (Phi) is 4.40. The second-order valence-corrected chi connectivity index (χ2v) is 4.84. The highest BCUT2D eigenvalue weighted by atomic mass is 35.5. The van der Waals surface area contributed by atoms with E-state index in [4.69, 9.17) is 22.1 Å². The van der Waals surface area contributed by atoms with Gasteiger partial charge in [-0.25, -0.2) is 4.39 Å². The topological polar surface area (TPSA) is 35.2 Å². The van der Waals surface area contributed by atoms with Gasteiger partial charge in [0.05, 0.1) is 0 Å². The Morgan fingerprint density at radius 3 is 2.42 bits per heavy atom. The molecule has 2 N–H and O–H groups in total. The van der Waals surface area contributed by atoms with Gasteiger partial charge in [-0.1, -0.05) is 29.8 Å². The summed E-state index contributed by atoms with van der Waals surface area (Å²) in [4.78, 5) is 0. The van der Waals surface area contributed by atoms with Gasteiger partial charge in [-0.05, 0) is 36.8 Å². The average molecular weight is 280 g/mol. The number of rotatable bonds is 4. The van der Waals surface area contributed by atoms with Crippen molar-refractivity contribution < 1.29 is 9.13 Å². The summed E-state index contributed by atoms with van der Waals surface area (Å²) >= 11 is 5.86. The maximum absolute atomic E-state index is 13.1. The Labute approximate surface area is 117 Å². The van der Waals surface area contributed by atoms with Crippen LogP contribution in [0.3, 0.4) is 0 Å². The van der Waals surface area contributed by atoms with Crippen molar-refractivity contribution in [2.24, 2.45) is 5.73 Å². The number of nitrogens with two attached hydrogens (primary N) is 1. The van der Waals surface area contributed by atoms with E-state index in [2.05, 4.69) is 0 Å². The monoisotopic (exact) mass is 279 g/mol. The Hall–Kier alpha value is -1.58. The fourth-order valence-electron chi connectivity index (χ4n) is 1.82. The van der Waals surface area contributed by atoms with Crippen molar-refractivity contribution in [3.8, 4) is 5.75 Å². The standard InChI is InChI=1S/C15H15ClFNO/c1-10(18)15(11-5-7-12(16)8-6-11)19-14-4-2-3-13(17)9-14/h2-10,15H,18H2,1H3. The minimum Gasteiger partial charge on any atom is -0.484 e. The lowest BCUT2D eigenvalue weighted by molar-refractivity contribution is 0.180. The summed E-state index contributed by atoms with van der Waals surface area (Å²) in [7, 11) is 0. The van der Waals surface area contributed by atoms with E-state index in [1.165, 1.54) is 12.1 Å². The second-order valence-electron chi connectivity index (χ2n) is 4.41. The van der Waals surface area contributed by atoms with Crippen molar-refractivity contribution >= 4 is 11.6 Å². The lowest BCUT2D eigenvalue weighted by atomic mass is 10.0. The quantitative estimate of drug-likeness (QED) is 0.920. The number of benzene rings is 2. The molecule has 19 heavy (non-hydrogen) atoms. The van der Waals surface area contributed by atoms with Crippen LogP contribution in [-0.2, 0) is 0 Å². The molecule has 2 aromatic rings. The fourth-order valence-corrected chi connectivity index (χ4v) is 1.94. The summed E-state index contributed by atoms with van der Waals surface area (Å²) < 4.78 is 18.9. The molecule has 2 rings (SSSR count). The van der Waals surface area contributed by atoms with Crippen molar-refractivity contribution in [3.63, 3.8) is 0 Å². The Balaban J connectivity index is 2.23. The van der Waals surface area contributed by atoms with Crippen LogP contribution in [0.25, 0.3) is 0 Å². The van der Waals surface area contributed by atoms with E-state index < -0.39 is 0 Å². The molecule has 0 saturated heterocycles. The first kappa shape index (κ1) is 13.8. The highest BCUT2D eigenvalue weighted by Gasteiger charge is 2.18. The molecule has 0 heterocycles. The molecule has 0 bridgehead atoms. The lowest BCUT2D eigenvalue weighted by Gasteiger charge is -2.23. The van der Waals surface area contributed by atoms with Crippen molar-refractivity contribution in [1.29, 1.82) is 0 Å². The van der Waals surface area contributed by atoms with E-state index in [-0.39, 0.29) is 18.0 Å². The smallest absolute Gasteiger partial charge is 0.138 e. The molecule has 100 valence electrons. The zero-order chi connectivity index (χ0) is 13.8. The summed E-state index contributed by atoms with van der Waals surface area (Å²) in [5.74, 6) is 0.120. The summed E-state index contributed by atoms with van der Waals surface area (Å²) in [5.41, 5.74) is 6.85. The van der Waals surface area contributed by atoms with Gasteiger partial charge in [-0.15, -0.1) is 0 Å². The first-order valence-corrected chi connectivity index (χ1v) is 6.37. The van der Waals surface area contributed by atoms with E-state index in [1.54, 1.807) is 24.3 Å². The van der Waals surface area contributed by atoms with Crippen LogP contribution in [0.2, 0.25) is 5.02 Å². The van der Waals surface area contributed by atoms with Gasteiger partial charge < -0.3 is 10.5 Å². The molecule has 2 unspecified atom stereocenters. The minimum absolute atomic E-state index is 0.232. The van der Waals surface area contributed by atoms with Crippen molar-refractivity contribution in [1.82, 2.24) is 0 Å². The summed E-state index contributed by atoms with van der Waals surface area (Å²) in [6, 6.07) is 13.1. The number of ether oxygens (including phenoxy) is 1. The van der Waals surface area contributed by atoms with Crippen molar-refractivity contribution in [2.75, 3.05) is 0 Å². The molecule has 2 aromatic carbocycles. The maximum atomic E-state index is 13.1. The van der Waals surface area contributed by atoms with Gasteiger partial charge >= 0.3 is 0 Å². The van der Waals surface area contributed by atoms with Crippen molar-refractivity contribution in [3.05, 3.63) is 64.9 Å². The first-order valence-electron chi connectivity index (χ1n) is 5.99. The molecule has 2 atom stereocenters.